The summed E-state index contributed by atoms with van der Waals surface area (Å²) >= 11 is 0. The molecule has 1 atom stereocenters. The SMILES string of the molecule is COc1c2c(cc3c1=C(C1C(=O)N(C)c4ccccc41)N(C)CC=3)OCO2.Cl. The lowest BCUT2D eigenvalue weighted by molar-refractivity contribution is -0.118. The molecule has 3 aliphatic rings. The third-order valence-electron chi connectivity index (χ3n) is 5.57. The van der Waals surface area contributed by atoms with E-state index in [2.05, 4.69) is 11.0 Å². The number of likely N-dealkylation sites (N-methyl/N-ethyl adjacent to an activating group) is 2. The molecule has 3 heterocycles. The minimum Gasteiger partial charge on any atom is -0.492 e. The maximum absolute atomic E-state index is 13.2. The van der Waals surface area contributed by atoms with E-state index in [0.717, 1.165) is 27.4 Å². The Hall–Kier alpha value is -2.86. The molecule has 6 nitrogen and oxygen atoms in total. The number of hydrogen-bond acceptors (Lipinski definition) is 5. The van der Waals surface area contributed by atoms with Crippen molar-refractivity contribution in [1.82, 2.24) is 4.90 Å². The lowest BCUT2D eigenvalue weighted by atomic mass is 9.92. The summed E-state index contributed by atoms with van der Waals surface area (Å²) < 4.78 is 17.0. The summed E-state index contributed by atoms with van der Waals surface area (Å²) in [5.41, 5.74) is 2.90. The van der Waals surface area contributed by atoms with Gasteiger partial charge in [-0.05, 0) is 22.9 Å². The van der Waals surface area contributed by atoms with Gasteiger partial charge in [-0.2, -0.15) is 0 Å². The van der Waals surface area contributed by atoms with Crippen molar-refractivity contribution in [2.75, 3.05) is 39.4 Å². The first-order valence-electron chi connectivity index (χ1n) is 8.90. The molecule has 0 fully saturated rings. The highest BCUT2D eigenvalue weighted by atomic mass is 35.5. The number of para-hydroxylation sites is 1. The molecule has 1 amide bonds. The lowest BCUT2D eigenvalue weighted by Crippen LogP contribution is -2.43. The number of halogens is 1. The zero-order valence-electron chi connectivity index (χ0n) is 15.9. The highest BCUT2D eigenvalue weighted by molar-refractivity contribution is 6.10. The first kappa shape index (κ1) is 18.5. The first-order chi connectivity index (χ1) is 13.1. The average Bonchev–Trinajstić information content (AvgIpc) is 3.24. The van der Waals surface area contributed by atoms with Gasteiger partial charge in [-0.1, -0.05) is 24.3 Å². The Bertz CT molecular complexity index is 1100. The number of amides is 1. The van der Waals surface area contributed by atoms with Gasteiger partial charge >= 0.3 is 0 Å². The van der Waals surface area contributed by atoms with Crippen LogP contribution in [0.2, 0.25) is 0 Å². The normalized spacial score (nSPS) is 19.0. The van der Waals surface area contributed by atoms with Crippen molar-refractivity contribution in [1.29, 1.82) is 0 Å². The number of hydrogen-bond donors (Lipinski definition) is 0. The second-order valence-corrected chi connectivity index (χ2v) is 6.97. The maximum Gasteiger partial charge on any atom is 0.240 e. The Kier molecular flexibility index (Phi) is 4.38. The number of methoxy groups -OCH3 is 1. The zero-order valence-corrected chi connectivity index (χ0v) is 16.7. The van der Waals surface area contributed by atoms with Gasteiger partial charge in [-0.15, -0.1) is 12.4 Å². The topological polar surface area (TPSA) is 51.2 Å². The average molecular weight is 401 g/mol. The Labute approximate surface area is 169 Å². The predicted molar refractivity (Wildman–Crippen MR) is 109 cm³/mol. The van der Waals surface area contributed by atoms with E-state index in [1.807, 2.05) is 44.4 Å². The monoisotopic (exact) mass is 400 g/mol. The molecule has 7 heteroatoms. The molecular weight excluding hydrogens is 380 g/mol. The Morgan fingerprint density at radius 2 is 1.96 bits per heavy atom. The van der Waals surface area contributed by atoms with Crippen LogP contribution in [0.3, 0.4) is 0 Å². The first-order valence-corrected chi connectivity index (χ1v) is 8.90. The maximum atomic E-state index is 13.2. The van der Waals surface area contributed by atoms with Crippen LogP contribution in [-0.4, -0.2) is 45.3 Å². The van der Waals surface area contributed by atoms with E-state index in [1.54, 1.807) is 12.0 Å². The van der Waals surface area contributed by atoms with Crippen LogP contribution in [0.25, 0.3) is 11.8 Å². The Morgan fingerprint density at radius 3 is 2.75 bits per heavy atom. The van der Waals surface area contributed by atoms with E-state index in [4.69, 9.17) is 14.2 Å². The van der Waals surface area contributed by atoms with Crippen LogP contribution >= 0.6 is 12.4 Å². The van der Waals surface area contributed by atoms with Crippen LogP contribution in [0.4, 0.5) is 5.69 Å². The van der Waals surface area contributed by atoms with Gasteiger partial charge < -0.3 is 24.0 Å². The Balaban J connectivity index is 0.00000192. The Morgan fingerprint density at radius 1 is 1.18 bits per heavy atom. The molecule has 3 aliphatic heterocycles. The number of anilines is 1. The van der Waals surface area contributed by atoms with E-state index in [0.29, 0.717) is 23.8 Å². The molecule has 1 unspecified atom stereocenters. The second-order valence-electron chi connectivity index (χ2n) is 6.97. The standard InChI is InChI=1S/C21H20N2O4.ClH/c1-22-9-8-12-10-15-19(27-11-26-15)20(25-3)16(12)18(22)17-13-6-4-5-7-14(13)23(2)21(17)24;/h4-8,10,17H,9,11H2,1-3H3;1H. The van der Waals surface area contributed by atoms with E-state index in [-0.39, 0.29) is 31.0 Å². The van der Waals surface area contributed by atoms with Crippen LogP contribution in [0, 0.1) is 0 Å². The van der Waals surface area contributed by atoms with Gasteiger partial charge in [-0.25, -0.2) is 0 Å². The van der Waals surface area contributed by atoms with Crippen molar-refractivity contribution in [2.45, 2.75) is 5.92 Å². The highest BCUT2D eigenvalue weighted by Gasteiger charge is 2.40. The minimum atomic E-state index is -0.377. The molecule has 28 heavy (non-hydrogen) atoms. The summed E-state index contributed by atoms with van der Waals surface area (Å²) in [5.74, 6) is 1.59. The predicted octanol–water partition coefficient (Wildman–Crippen LogP) is 1.44. The largest absolute Gasteiger partial charge is 0.492 e. The summed E-state index contributed by atoms with van der Waals surface area (Å²) in [6.45, 7) is 0.883. The van der Waals surface area contributed by atoms with Gasteiger partial charge in [0.25, 0.3) is 0 Å². The second kappa shape index (κ2) is 6.63. The fourth-order valence-electron chi connectivity index (χ4n) is 4.29. The third-order valence-corrected chi connectivity index (χ3v) is 5.57. The van der Waals surface area contributed by atoms with E-state index in [9.17, 15) is 4.79 Å². The molecule has 0 aliphatic carbocycles. The van der Waals surface area contributed by atoms with Crippen LogP contribution in [0.5, 0.6) is 17.2 Å². The summed E-state index contributed by atoms with van der Waals surface area (Å²) in [4.78, 5) is 17.1. The van der Waals surface area contributed by atoms with E-state index >= 15 is 0 Å². The molecule has 0 saturated carbocycles. The molecule has 0 radical (unpaired) electrons. The van der Waals surface area contributed by atoms with Crippen molar-refractivity contribution in [2.24, 2.45) is 0 Å². The summed E-state index contributed by atoms with van der Waals surface area (Å²) in [6.07, 6.45) is 2.12. The van der Waals surface area contributed by atoms with Crippen molar-refractivity contribution < 1.29 is 19.0 Å². The molecule has 2 aromatic rings. The van der Waals surface area contributed by atoms with Crippen LogP contribution < -0.4 is 29.5 Å². The number of carbonyl (C=O) groups is 1. The molecule has 0 N–H and O–H groups in total. The van der Waals surface area contributed by atoms with Gasteiger partial charge in [-0.3, -0.25) is 4.79 Å². The number of carbonyl (C=O) groups excluding carboxylic acids is 1. The highest BCUT2D eigenvalue weighted by Crippen LogP contribution is 2.43. The van der Waals surface area contributed by atoms with Crippen molar-refractivity contribution >= 4 is 35.8 Å². The van der Waals surface area contributed by atoms with Gasteiger partial charge in [0.15, 0.2) is 11.5 Å². The molecule has 0 aromatic heterocycles. The van der Waals surface area contributed by atoms with Crippen molar-refractivity contribution in [3.63, 3.8) is 0 Å². The number of benzene rings is 2. The van der Waals surface area contributed by atoms with E-state index < -0.39 is 0 Å². The molecule has 2 aromatic carbocycles. The third kappa shape index (κ3) is 2.37. The fourth-order valence-corrected chi connectivity index (χ4v) is 4.29. The molecular formula is C21H21ClN2O4. The van der Waals surface area contributed by atoms with Crippen LogP contribution in [-0.2, 0) is 4.79 Å². The van der Waals surface area contributed by atoms with Crippen LogP contribution in [0.1, 0.15) is 11.5 Å². The smallest absolute Gasteiger partial charge is 0.240 e. The number of nitrogens with zero attached hydrogens (tertiary/aromatic N) is 2. The quantitative estimate of drug-likeness (QED) is 0.763. The number of fused-ring (bicyclic) bond motifs is 3. The van der Waals surface area contributed by atoms with Gasteiger partial charge in [0.1, 0.15) is 5.92 Å². The molecule has 0 saturated heterocycles. The minimum absolute atomic E-state index is 0. The molecule has 0 spiro atoms. The van der Waals surface area contributed by atoms with Crippen molar-refractivity contribution in [3.05, 3.63) is 46.3 Å². The summed E-state index contributed by atoms with van der Waals surface area (Å²) in [6, 6.07) is 9.93. The van der Waals surface area contributed by atoms with Gasteiger partial charge in [0, 0.05) is 37.2 Å². The number of ether oxygens (including phenoxy) is 3. The van der Waals surface area contributed by atoms with Gasteiger partial charge in [0.05, 0.1) is 7.11 Å². The zero-order chi connectivity index (χ0) is 18.7. The van der Waals surface area contributed by atoms with E-state index in [1.165, 1.54) is 0 Å². The summed E-state index contributed by atoms with van der Waals surface area (Å²) in [7, 11) is 5.46. The fraction of sp³-hybridized carbons (Fsp3) is 0.286. The molecule has 146 valence electrons. The summed E-state index contributed by atoms with van der Waals surface area (Å²) in [5, 5.41) is 1.91. The van der Waals surface area contributed by atoms with Crippen LogP contribution in [0.15, 0.2) is 30.3 Å². The van der Waals surface area contributed by atoms with Gasteiger partial charge in [0.2, 0.25) is 18.4 Å². The van der Waals surface area contributed by atoms with Crippen molar-refractivity contribution in [3.8, 4) is 17.2 Å². The molecule has 0 bridgehead atoms. The lowest BCUT2D eigenvalue weighted by Gasteiger charge is -2.29. The molecule has 5 rings (SSSR count). The number of rotatable bonds is 2.